The van der Waals surface area contributed by atoms with E-state index in [0.29, 0.717) is 11.8 Å². The summed E-state index contributed by atoms with van der Waals surface area (Å²) in [5.41, 5.74) is 2.29. The van der Waals surface area contributed by atoms with Crippen LogP contribution < -0.4 is 0 Å². The van der Waals surface area contributed by atoms with E-state index < -0.39 is 0 Å². The fourth-order valence-electron chi connectivity index (χ4n) is 2.56. The lowest BCUT2D eigenvalue weighted by molar-refractivity contribution is 0.231. The highest BCUT2D eigenvalue weighted by Crippen LogP contribution is 2.19. The third-order valence-electron chi connectivity index (χ3n) is 4.04. The first kappa shape index (κ1) is 27.4. The van der Waals surface area contributed by atoms with Crippen molar-refractivity contribution in [2.75, 3.05) is 13.1 Å². The van der Waals surface area contributed by atoms with Gasteiger partial charge in [0.25, 0.3) is 0 Å². The van der Waals surface area contributed by atoms with Gasteiger partial charge in [-0.25, -0.2) is 0 Å². The molecule has 2 nitrogen and oxygen atoms in total. The summed E-state index contributed by atoms with van der Waals surface area (Å²) in [5, 5.41) is 9.75. The SMILES string of the molecule is C=CC=CC/C=C\C.CC.CCN(CCCc1cc(C)ccc1O)C(C)C. The van der Waals surface area contributed by atoms with Crippen molar-refractivity contribution in [1.82, 2.24) is 4.90 Å². The molecule has 0 aromatic heterocycles. The van der Waals surface area contributed by atoms with Crippen LogP contribution in [0.15, 0.2) is 55.2 Å². The van der Waals surface area contributed by atoms with Gasteiger partial charge >= 0.3 is 0 Å². The zero-order valence-corrected chi connectivity index (χ0v) is 18.8. The summed E-state index contributed by atoms with van der Waals surface area (Å²) in [5.74, 6) is 0.434. The standard InChI is InChI=1S/C15H25NO.C8H12.C2H6/c1-5-16(12(2)3)10-6-7-14-11-13(4)8-9-15(14)17;1-3-5-7-8-6-4-2;1-2/h8-9,11-12,17H,5-7,10H2,1-4H3;3-7H,1,8H2,2H3;1-2H3/b;6-4-,7-5?;. The van der Waals surface area contributed by atoms with E-state index in [1.807, 2.05) is 39.0 Å². The molecule has 0 bridgehead atoms. The van der Waals surface area contributed by atoms with Gasteiger partial charge in [-0.3, -0.25) is 0 Å². The zero-order valence-electron chi connectivity index (χ0n) is 18.8. The Labute approximate surface area is 169 Å². The predicted octanol–water partition coefficient (Wildman–Crippen LogP) is 7.08. The van der Waals surface area contributed by atoms with Crippen molar-refractivity contribution in [2.45, 2.75) is 73.8 Å². The molecule has 0 fully saturated rings. The number of phenols is 1. The maximum Gasteiger partial charge on any atom is 0.118 e. The number of hydrogen-bond donors (Lipinski definition) is 1. The summed E-state index contributed by atoms with van der Waals surface area (Å²) in [6.07, 6.45) is 13.0. The van der Waals surface area contributed by atoms with E-state index in [9.17, 15) is 5.11 Å². The van der Waals surface area contributed by atoms with E-state index in [-0.39, 0.29) is 0 Å². The lowest BCUT2D eigenvalue weighted by Gasteiger charge is -2.24. The highest BCUT2D eigenvalue weighted by Gasteiger charge is 2.07. The third-order valence-corrected chi connectivity index (χ3v) is 4.04. The molecular weight excluding hydrogens is 330 g/mol. The predicted molar refractivity (Wildman–Crippen MR) is 124 cm³/mol. The van der Waals surface area contributed by atoms with Gasteiger partial charge in [-0.1, -0.05) is 75.4 Å². The van der Waals surface area contributed by atoms with Crippen LogP contribution in [-0.2, 0) is 6.42 Å². The molecular formula is C25H43NO. The molecule has 1 aromatic carbocycles. The quantitative estimate of drug-likeness (QED) is 0.369. The zero-order chi connectivity index (χ0) is 21.1. The van der Waals surface area contributed by atoms with Gasteiger partial charge < -0.3 is 10.0 Å². The molecule has 0 unspecified atom stereocenters. The second-order valence-corrected chi connectivity index (χ2v) is 6.43. The normalized spacial score (nSPS) is 10.7. The summed E-state index contributed by atoms with van der Waals surface area (Å²) >= 11 is 0. The first-order chi connectivity index (χ1) is 13.0. The van der Waals surface area contributed by atoms with E-state index in [4.69, 9.17) is 0 Å². The van der Waals surface area contributed by atoms with E-state index in [2.05, 4.69) is 57.4 Å². The molecule has 154 valence electrons. The van der Waals surface area contributed by atoms with Crippen molar-refractivity contribution < 1.29 is 5.11 Å². The first-order valence-corrected chi connectivity index (χ1v) is 10.4. The van der Waals surface area contributed by atoms with Crippen LogP contribution in [-0.4, -0.2) is 29.1 Å². The number of aryl methyl sites for hydroxylation is 2. The first-order valence-electron chi connectivity index (χ1n) is 10.4. The van der Waals surface area contributed by atoms with Gasteiger partial charge in [-0.15, -0.1) is 0 Å². The van der Waals surface area contributed by atoms with Crippen molar-refractivity contribution in [3.8, 4) is 5.75 Å². The fraction of sp³-hybridized carbons (Fsp3) is 0.520. The minimum absolute atomic E-state index is 0.434. The van der Waals surface area contributed by atoms with Crippen LogP contribution in [0.5, 0.6) is 5.75 Å². The smallest absolute Gasteiger partial charge is 0.118 e. The van der Waals surface area contributed by atoms with E-state index in [0.717, 1.165) is 37.9 Å². The average Bonchev–Trinajstić information content (AvgIpc) is 2.67. The van der Waals surface area contributed by atoms with E-state index in [1.165, 1.54) is 5.56 Å². The van der Waals surface area contributed by atoms with Gasteiger partial charge in [0.05, 0.1) is 0 Å². The minimum atomic E-state index is 0.434. The van der Waals surface area contributed by atoms with Crippen molar-refractivity contribution in [3.05, 3.63) is 66.3 Å². The molecule has 27 heavy (non-hydrogen) atoms. The van der Waals surface area contributed by atoms with Crippen LogP contribution >= 0.6 is 0 Å². The summed E-state index contributed by atoms with van der Waals surface area (Å²) in [6.45, 7) is 20.5. The summed E-state index contributed by atoms with van der Waals surface area (Å²) in [7, 11) is 0. The number of nitrogens with zero attached hydrogens (tertiary/aromatic N) is 1. The Morgan fingerprint density at radius 2 is 1.85 bits per heavy atom. The van der Waals surface area contributed by atoms with Gasteiger partial charge in [-0.2, -0.15) is 0 Å². The monoisotopic (exact) mass is 373 g/mol. The summed E-state index contributed by atoms with van der Waals surface area (Å²) in [6, 6.07) is 6.43. The lowest BCUT2D eigenvalue weighted by atomic mass is 10.1. The van der Waals surface area contributed by atoms with Gasteiger partial charge in [0, 0.05) is 6.04 Å². The second-order valence-electron chi connectivity index (χ2n) is 6.43. The van der Waals surface area contributed by atoms with Crippen molar-refractivity contribution >= 4 is 0 Å². The molecule has 0 atom stereocenters. The van der Waals surface area contributed by atoms with Gasteiger partial charge in [0.1, 0.15) is 5.75 Å². The van der Waals surface area contributed by atoms with Crippen molar-refractivity contribution in [2.24, 2.45) is 0 Å². The Morgan fingerprint density at radius 1 is 1.19 bits per heavy atom. The minimum Gasteiger partial charge on any atom is -0.508 e. The number of aromatic hydroxyl groups is 1. The Bertz CT molecular complexity index is 529. The largest absolute Gasteiger partial charge is 0.508 e. The Balaban J connectivity index is 0. The molecule has 0 aliphatic carbocycles. The molecule has 0 saturated carbocycles. The molecule has 0 aliphatic heterocycles. The number of hydrogen-bond acceptors (Lipinski definition) is 2. The van der Waals surface area contributed by atoms with Gasteiger partial charge in [-0.05, 0) is 71.7 Å². The molecule has 0 radical (unpaired) electrons. The van der Waals surface area contributed by atoms with Crippen LogP contribution in [0.1, 0.15) is 65.5 Å². The number of benzene rings is 1. The molecule has 0 amide bonds. The third kappa shape index (κ3) is 15.0. The molecule has 1 aromatic rings. The Morgan fingerprint density at radius 3 is 2.37 bits per heavy atom. The van der Waals surface area contributed by atoms with Crippen molar-refractivity contribution in [1.29, 1.82) is 0 Å². The molecule has 0 saturated heterocycles. The molecule has 1 N–H and O–H groups in total. The van der Waals surface area contributed by atoms with Gasteiger partial charge in [0.15, 0.2) is 0 Å². The van der Waals surface area contributed by atoms with Crippen LogP contribution in [0.3, 0.4) is 0 Å². The topological polar surface area (TPSA) is 23.5 Å². The Kier molecular flexibility index (Phi) is 19.3. The summed E-state index contributed by atoms with van der Waals surface area (Å²) < 4.78 is 0. The van der Waals surface area contributed by atoms with Crippen LogP contribution in [0, 0.1) is 6.92 Å². The van der Waals surface area contributed by atoms with E-state index >= 15 is 0 Å². The number of rotatable bonds is 9. The highest BCUT2D eigenvalue weighted by atomic mass is 16.3. The second kappa shape index (κ2) is 19.0. The molecule has 2 heteroatoms. The maximum atomic E-state index is 9.75. The highest BCUT2D eigenvalue weighted by molar-refractivity contribution is 5.35. The molecule has 0 spiro atoms. The number of phenolic OH excluding ortho intramolecular Hbond substituents is 1. The van der Waals surface area contributed by atoms with Crippen LogP contribution in [0.25, 0.3) is 0 Å². The van der Waals surface area contributed by atoms with Crippen LogP contribution in [0.4, 0.5) is 0 Å². The molecule has 1 rings (SSSR count). The average molecular weight is 374 g/mol. The molecule has 0 aliphatic rings. The number of allylic oxidation sites excluding steroid dienone is 5. The van der Waals surface area contributed by atoms with Gasteiger partial charge in [0.2, 0.25) is 0 Å². The Hall–Kier alpha value is -1.80. The maximum absolute atomic E-state index is 9.75. The fourth-order valence-corrected chi connectivity index (χ4v) is 2.56. The molecule has 0 heterocycles. The van der Waals surface area contributed by atoms with E-state index in [1.54, 1.807) is 12.1 Å². The lowest BCUT2D eigenvalue weighted by Crippen LogP contribution is -2.31. The summed E-state index contributed by atoms with van der Waals surface area (Å²) in [4.78, 5) is 2.45. The van der Waals surface area contributed by atoms with Crippen LogP contribution in [0.2, 0.25) is 0 Å². The van der Waals surface area contributed by atoms with Crippen molar-refractivity contribution in [3.63, 3.8) is 0 Å².